The molecule has 0 atom stereocenters. The summed E-state index contributed by atoms with van der Waals surface area (Å²) in [6.07, 6.45) is -1.83. The van der Waals surface area contributed by atoms with Crippen LogP contribution >= 0.6 is 46.4 Å². The Morgan fingerprint density at radius 1 is 1.09 bits per heavy atom. The molecule has 170 valence electrons. The highest BCUT2D eigenvalue weighted by Gasteiger charge is 2.42. The first-order chi connectivity index (χ1) is 15.0. The monoisotopic (exact) mass is 525 g/mol. The van der Waals surface area contributed by atoms with Crippen molar-refractivity contribution in [2.24, 2.45) is 0 Å². The van der Waals surface area contributed by atoms with E-state index in [2.05, 4.69) is 15.5 Å². The largest absolute Gasteiger partial charge is 0.436 e. The van der Waals surface area contributed by atoms with E-state index in [1.807, 2.05) is 0 Å². The third-order valence-electron chi connectivity index (χ3n) is 4.76. The predicted molar refractivity (Wildman–Crippen MR) is 116 cm³/mol. The first kappa shape index (κ1) is 23.2. The molecule has 0 saturated heterocycles. The van der Waals surface area contributed by atoms with Crippen molar-refractivity contribution in [3.8, 4) is 0 Å². The first-order valence-electron chi connectivity index (χ1n) is 9.33. The minimum Gasteiger partial charge on any atom is -0.306 e. The fraction of sp³-hybridized carbons (Fsp3) is 0.316. The van der Waals surface area contributed by atoms with Gasteiger partial charge in [0.25, 0.3) is 0 Å². The van der Waals surface area contributed by atoms with Gasteiger partial charge in [0.2, 0.25) is 5.91 Å². The lowest BCUT2D eigenvalue weighted by Gasteiger charge is -2.07. The number of nitrogens with one attached hydrogen (secondary N) is 1. The summed E-state index contributed by atoms with van der Waals surface area (Å²) in [5.41, 5.74) is -0.181. The van der Waals surface area contributed by atoms with Gasteiger partial charge in [0.15, 0.2) is 11.5 Å². The Morgan fingerprint density at radius 2 is 1.81 bits per heavy atom. The average Bonchev–Trinajstić information content (AvgIpc) is 3.38. The number of alkyl halides is 3. The lowest BCUT2D eigenvalue weighted by molar-refractivity contribution is -0.141. The summed E-state index contributed by atoms with van der Waals surface area (Å²) < 4.78 is 42.0. The Balaban J connectivity index is 1.49. The second kappa shape index (κ2) is 8.78. The van der Waals surface area contributed by atoms with Gasteiger partial charge < -0.3 is 5.32 Å². The van der Waals surface area contributed by atoms with Crippen LogP contribution in [0.5, 0.6) is 0 Å². The second-order valence-electron chi connectivity index (χ2n) is 7.30. The Morgan fingerprint density at radius 3 is 2.44 bits per heavy atom. The summed E-state index contributed by atoms with van der Waals surface area (Å²) in [7, 11) is 0. The first-order valence-corrected chi connectivity index (χ1v) is 10.8. The highest BCUT2D eigenvalue weighted by atomic mass is 35.5. The summed E-state index contributed by atoms with van der Waals surface area (Å²) in [4.78, 5) is 12.5. The van der Waals surface area contributed by atoms with E-state index in [-0.39, 0.29) is 22.5 Å². The maximum absolute atomic E-state index is 13.2. The van der Waals surface area contributed by atoms with Gasteiger partial charge in [0.05, 0.1) is 27.3 Å². The van der Waals surface area contributed by atoms with Crippen molar-refractivity contribution in [1.29, 1.82) is 0 Å². The van der Waals surface area contributed by atoms with Gasteiger partial charge in [0, 0.05) is 12.1 Å². The smallest absolute Gasteiger partial charge is 0.306 e. The van der Waals surface area contributed by atoms with Gasteiger partial charge in [-0.15, -0.1) is 0 Å². The molecule has 1 aliphatic carbocycles. The molecule has 4 rings (SSSR count). The molecule has 3 aromatic rings. The maximum Gasteiger partial charge on any atom is 0.436 e. The molecule has 0 unspecified atom stereocenters. The molecule has 1 saturated carbocycles. The van der Waals surface area contributed by atoms with Crippen LogP contribution in [0.15, 0.2) is 24.4 Å². The number of rotatable bonds is 6. The third kappa shape index (κ3) is 5.01. The summed E-state index contributed by atoms with van der Waals surface area (Å²) in [5.74, 6) is -0.714. The van der Waals surface area contributed by atoms with Crippen molar-refractivity contribution in [3.63, 3.8) is 0 Å². The highest BCUT2D eigenvalue weighted by molar-refractivity contribution is 6.42. The fourth-order valence-corrected chi connectivity index (χ4v) is 4.11. The number of carbonyl (C=O) groups excluding carboxylic acids is 1. The third-order valence-corrected chi connectivity index (χ3v) is 6.15. The standard InChI is InChI=1S/C19H14Cl4F3N5O/c20-11-4-1-9(5-12(11)21)6-30-7-13(22)18(29-30)27-14(32)8-31-16(10-2-3-10)15(23)17(28-31)19(24,25)26/h1,4-5,7,10H,2-3,6,8H2,(H,27,29,32). The van der Waals surface area contributed by atoms with Crippen molar-refractivity contribution in [2.75, 3.05) is 5.32 Å². The zero-order valence-corrected chi connectivity index (χ0v) is 19.1. The molecule has 1 aromatic carbocycles. The highest BCUT2D eigenvalue weighted by Crippen LogP contribution is 2.46. The summed E-state index contributed by atoms with van der Waals surface area (Å²) in [6.45, 7) is -0.153. The van der Waals surface area contributed by atoms with Gasteiger partial charge in [-0.25, -0.2) is 0 Å². The predicted octanol–water partition coefficient (Wildman–Crippen LogP) is 6.28. The number of aromatic nitrogens is 4. The molecule has 2 aromatic heterocycles. The fourth-order valence-electron chi connectivity index (χ4n) is 3.20. The number of amides is 1. The number of nitrogens with zero attached hydrogens (tertiary/aromatic N) is 4. The van der Waals surface area contributed by atoms with Crippen LogP contribution in [0.1, 0.15) is 35.7 Å². The number of benzene rings is 1. The van der Waals surface area contributed by atoms with Crippen LogP contribution in [0.4, 0.5) is 19.0 Å². The number of carbonyl (C=O) groups is 1. The summed E-state index contributed by atoms with van der Waals surface area (Å²) in [6, 6.07) is 5.09. The molecule has 0 spiro atoms. The van der Waals surface area contributed by atoms with Crippen molar-refractivity contribution in [1.82, 2.24) is 19.6 Å². The van der Waals surface area contributed by atoms with Gasteiger partial charge in [-0.2, -0.15) is 23.4 Å². The molecule has 6 nitrogen and oxygen atoms in total. The molecule has 1 aliphatic rings. The normalized spacial score (nSPS) is 14.1. The molecule has 1 amide bonds. The van der Waals surface area contributed by atoms with Gasteiger partial charge >= 0.3 is 6.18 Å². The van der Waals surface area contributed by atoms with Gasteiger partial charge in [-0.3, -0.25) is 14.2 Å². The Labute approximate surface area is 200 Å². The van der Waals surface area contributed by atoms with E-state index >= 15 is 0 Å². The topological polar surface area (TPSA) is 64.7 Å². The second-order valence-corrected chi connectivity index (χ2v) is 8.90. The van der Waals surface area contributed by atoms with Gasteiger partial charge in [0.1, 0.15) is 11.6 Å². The van der Waals surface area contributed by atoms with E-state index in [1.54, 1.807) is 18.2 Å². The molecule has 32 heavy (non-hydrogen) atoms. The zero-order chi connectivity index (χ0) is 23.2. The van der Waals surface area contributed by atoms with Crippen molar-refractivity contribution in [2.45, 2.75) is 38.0 Å². The zero-order valence-electron chi connectivity index (χ0n) is 16.1. The molecule has 1 N–H and O–H groups in total. The Kier molecular flexibility index (Phi) is 6.37. The molecule has 0 aliphatic heterocycles. The summed E-state index contributed by atoms with van der Waals surface area (Å²) in [5, 5.41) is 10.8. The summed E-state index contributed by atoms with van der Waals surface area (Å²) >= 11 is 24.0. The van der Waals surface area contributed by atoms with Gasteiger partial charge in [-0.05, 0) is 30.5 Å². The Hall–Kier alpha value is -1.94. The number of hydrogen-bond acceptors (Lipinski definition) is 3. The van der Waals surface area contributed by atoms with E-state index in [9.17, 15) is 18.0 Å². The van der Waals surface area contributed by atoms with Crippen LogP contribution in [0.2, 0.25) is 20.1 Å². The SMILES string of the molecule is O=C(Cn1nc(C(F)(F)F)c(Cl)c1C1CC1)Nc1nn(Cc2ccc(Cl)c(Cl)c2)cc1Cl. The van der Waals surface area contributed by atoms with Crippen molar-refractivity contribution >= 4 is 58.1 Å². The molecule has 13 heteroatoms. The lowest BCUT2D eigenvalue weighted by Crippen LogP contribution is -2.22. The van der Waals surface area contributed by atoms with Crippen molar-refractivity contribution < 1.29 is 18.0 Å². The lowest BCUT2D eigenvalue weighted by atomic mass is 10.2. The molecular formula is C19H14Cl4F3N5O. The van der Waals surface area contributed by atoms with E-state index in [0.717, 1.165) is 10.2 Å². The van der Waals surface area contributed by atoms with E-state index in [0.29, 0.717) is 29.4 Å². The molecule has 1 fully saturated rings. The quantitative estimate of drug-likeness (QED) is 0.411. The van der Waals surface area contributed by atoms with Gasteiger partial charge in [-0.1, -0.05) is 52.5 Å². The minimum atomic E-state index is -4.71. The number of anilines is 1. The molecular weight excluding hydrogens is 513 g/mol. The van der Waals surface area contributed by atoms with Crippen molar-refractivity contribution in [3.05, 3.63) is 61.4 Å². The van der Waals surface area contributed by atoms with Crippen LogP contribution in [-0.4, -0.2) is 25.5 Å². The maximum atomic E-state index is 13.2. The van der Waals surface area contributed by atoms with Crippen LogP contribution < -0.4 is 5.32 Å². The Bertz CT molecular complexity index is 1190. The molecule has 0 bridgehead atoms. The van der Waals surface area contributed by atoms with Crippen LogP contribution in [0.25, 0.3) is 0 Å². The number of halogens is 7. The molecule has 0 radical (unpaired) electrons. The average molecular weight is 527 g/mol. The van der Waals surface area contributed by atoms with E-state index in [4.69, 9.17) is 46.4 Å². The van der Waals surface area contributed by atoms with Crippen LogP contribution in [0, 0.1) is 0 Å². The number of hydrogen-bond donors (Lipinski definition) is 1. The molecule has 2 heterocycles. The van der Waals surface area contributed by atoms with E-state index in [1.165, 1.54) is 10.9 Å². The van der Waals surface area contributed by atoms with Crippen LogP contribution in [0.3, 0.4) is 0 Å². The van der Waals surface area contributed by atoms with E-state index < -0.39 is 29.3 Å². The van der Waals surface area contributed by atoms with Crippen LogP contribution in [-0.2, 0) is 24.1 Å². The minimum absolute atomic E-state index is 0.0685.